The predicted molar refractivity (Wildman–Crippen MR) is 72.9 cm³/mol. The Kier molecular flexibility index (Phi) is 2.50. The van der Waals surface area contributed by atoms with Crippen LogP contribution in [0.15, 0.2) is 29.1 Å². The Balaban J connectivity index is 2.36. The van der Waals surface area contributed by atoms with E-state index < -0.39 is 0 Å². The van der Waals surface area contributed by atoms with Gasteiger partial charge in [-0.3, -0.25) is 4.40 Å². The number of fused-ring (bicyclic) bond motifs is 1. The van der Waals surface area contributed by atoms with Crippen molar-refractivity contribution in [3.8, 4) is 11.3 Å². The van der Waals surface area contributed by atoms with Crippen LogP contribution >= 0.6 is 34.5 Å². The number of nitrogens with zero attached hydrogens (tertiary/aromatic N) is 2. The van der Waals surface area contributed by atoms with Crippen LogP contribution in [0.5, 0.6) is 0 Å². The van der Waals surface area contributed by atoms with E-state index in [4.69, 9.17) is 28.9 Å². The molecule has 2 N–H and O–H groups in total. The number of pyridine rings is 1. The zero-order valence-corrected chi connectivity index (χ0v) is 10.9. The number of aromatic nitrogens is 2. The van der Waals surface area contributed by atoms with Crippen molar-refractivity contribution in [3.63, 3.8) is 0 Å². The second-order valence-electron chi connectivity index (χ2n) is 3.56. The minimum atomic E-state index is 0.491. The topological polar surface area (TPSA) is 43.3 Å². The van der Waals surface area contributed by atoms with Crippen LogP contribution in [0, 0.1) is 0 Å². The molecule has 17 heavy (non-hydrogen) atoms. The van der Waals surface area contributed by atoms with Crippen molar-refractivity contribution in [1.29, 1.82) is 0 Å². The molecule has 3 rings (SSSR count). The molecule has 0 unspecified atom stereocenters. The van der Waals surface area contributed by atoms with E-state index >= 15 is 0 Å². The van der Waals surface area contributed by atoms with Crippen LogP contribution in [-0.2, 0) is 0 Å². The van der Waals surface area contributed by atoms with Crippen LogP contribution < -0.4 is 5.73 Å². The Hall–Kier alpha value is -1.23. The number of imidazole rings is 1. The fraction of sp³-hybridized carbons (Fsp3) is 0. The summed E-state index contributed by atoms with van der Waals surface area (Å²) in [6.07, 6.45) is 1.71. The molecule has 3 aromatic rings. The van der Waals surface area contributed by atoms with Gasteiger partial charge in [-0.25, -0.2) is 4.98 Å². The summed E-state index contributed by atoms with van der Waals surface area (Å²) in [5.41, 5.74) is 8.40. The predicted octanol–water partition coefficient (Wildman–Crippen LogP) is 3.95. The van der Waals surface area contributed by atoms with Crippen molar-refractivity contribution in [2.75, 3.05) is 5.73 Å². The van der Waals surface area contributed by atoms with Crippen LogP contribution in [0.2, 0.25) is 10.0 Å². The lowest BCUT2D eigenvalue weighted by Gasteiger charge is -1.99. The summed E-state index contributed by atoms with van der Waals surface area (Å²) >= 11 is 13.6. The highest BCUT2D eigenvalue weighted by molar-refractivity contribution is 7.08. The molecule has 0 saturated carbocycles. The largest absolute Gasteiger partial charge is 0.383 e. The number of hydrogen-bond acceptors (Lipinski definition) is 3. The Labute approximate surface area is 111 Å². The second kappa shape index (κ2) is 3.91. The third-order valence-electron chi connectivity index (χ3n) is 2.47. The van der Waals surface area contributed by atoms with Gasteiger partial charge in [0.2, 0.25) is 0 Å². The van der Waals surface area contributed by atoms with Crippen molar-refractivity contribution in [1.82, 2.24) is 9.38 Å². The molecular weight excluding hydrogens is 277 g/mol. The summed E-state index contributed by atoms with van der Waals surface area (Å²) in [5, 5.41) is 5.00. The van der Waals surface area contributed by atoms with Gasteiger partial charge in [0.1, 0.15) is 11.5 Å². The number of nitrogen functional groups attached to an aromatic ring is 1. The SMILES string of the molecule is Nc1c(-c2ccsc2)nc2c(Cl)cc(Cl)cn12. The normalized spacial score (nSPS) is 11.2. The van der Waals surface area contributed by atoms with Gasteiger partial charge in [-0.2, -0.15) is 11.3 Å². The number of anilines is 1. The van der Waals surface area contributed by atoms with Crippen molar-refractivity contribution in [2.24, 2.45) is 0 Å². The molecule has 0 aliphatic carbocycles. The number of rotatable bonds is 1. The summed E-state index contributed by atoms with van der Waals surface area (Å²) in [5.74, 6) is 0.544. The smallest absolute Gasteiger partial charge is 0.158 e. The molecule has 3 nitrogen and oxygen atoms in total. The first-order valence-corrected chi connectivity index (χ1v) is 6.52. The van der Waals surface area contributed by atoms with Crippen LogP contribution in [0.1, 0.15) is 0 Å². The first-order valence-electron chi connectivity index (χ1n) is 4.82. The van der Waals surface area contributed by atoms with E-state index in [-0.39, 0.29) is 0 Å². The molecule has 0 atom stereocenters. The maximum absolute atomic E-state index is 6.09. The van der Waals surface area contributed by atoms with Gasteiger partial charge in [-0.1, -0.05) is 23.2 Å². The quantitative estimate of drug-likeness (QED) is 0.735. The third-order valence-corrected chi connectivity index (χ3v) is 3.64. The molecule has 86 valence electrons. The summed E-state index contributed by atoms with van der Waals surface area (Å²) in [4.78, 5) is 4.45. The van der Waals surface area contributed by atoms with Gasteiger partial charge in [0.25, 0.3) is 0 Å². The van der Waals surface area contributed by atoms with Crippen LogP contribution in [0.3, 0.4) is 0 Å². The Morgan fingerprint density at radius 1 is 1.35 bits per heavy atom. The highest BCUT2D eigenvalue weighted by Gasteiger charge is 2.14. The molecule has 0 aliphatic rings. The van der Waals surface area contributed by atoms with Crippen molar-refractivity contribution in [3.05, 3.63) is 39.1 Å². The van der Waals surface area contributed by atoms with Crippen molar-refractivity contribution in [2.45, 2.75) is 0 Å². The Bertz CT molecular complexity index is 688. The Morgan fingerprint density at radius 3 is 2.88 bits per heavy atom. The molecule has 0 amide bonds. The second-order valence-corrected chi connectivity index (χ2v) is 5.18. The van der Waals surface area contributed by atoms with Gasteiger partial charge in [0.05, 0.1) is 10.0 Å². The summed E-state index contributed by atoms with van der Waals surface area (Å²) in [7, 11) is 0. The highest BCUT2D eigenvalue weighted by atomic mass is 35.5. The summed E-state index contributed by atoms with van der Waals surface area (Å²) in [6.45, 7) is 0. The van der Waals surface area contributed by atoms with Crippen LogP contribution in [-0.4, -0.2) is 9.38 Å². The van der Waals surface area contributed by atoms with E-state index in [2.05, 4.69) is 4.98 Å². The first-order chi connectivity index (χ1) is 8.16. The molecule has 0 aliphatic heterocycles. The minimum absolute atomic E-state index is 0.491. The van der Waals surface area contributed by atoms with Gasteiger partial charge in [-0.15, -0.1) is 0 Å². The average molecular weight is 284 g/mol. The van der Waals surface area contributed by atoms with Crippen molar-refractivity contribution >= 4 is 46.0 Å². The van der Waals surface area contributed by atoms with Crippen LogP contribution in [0.4, 0.5) is 5.82 Å². The average Bonchev–Trinajstić information content (AvgIpc) is 2.87. The lowest BCUT2D eigenvalue weighted by atomic mass is 10.2. The number of hydrogen-bond donors (Lipinski definition) is 1. The molecule has 0 fully saturated rings. The lowest BCUT2D eigenvalue weighted by molar-refractivity contribution is 1.20. The number of halogens is 2. The maximum Gasteiger partial charge on any atom is 0.158 e. The monoisotopic (exact) mass is 283 g/mol. The molecule has 3 aromatic heterocycles. The molecule has 6 heteroatoms. The van der Waals surface area contributed by atoms with Crippen molar-refractivity contribution < 1.29 is 0 Å². The van der Waals surface area contributed by atoms with Gasteiger partial charge in [0, 0.05) is 17.1 Å². The van der Waals surface area contributed by atoms with E-state index in [1.807, 2.05) is 16.8 Å². The Morgan fingerprint density at radius 2 is 2.18 bits per heavy atom. The summed E-state index contributed by atoms with van der Waals surface area (Å²) < 4.78 is 1.71. The van der Waals surface area contributed by atoms with Crippen LogP contribution in [0.25, 0.3) is 16.9 Å². The van der Waals surface area contributed by atoms with Gasteiger partial charge < -0.3 is 5.73 Å². The van der Waals surface area contributed by atoms with Gasteiger partial charge in [-0.05, 0) is 17.5 Å². The van der Waals surface area contributed by atoms with Gasteiger partial charge in [0.15, 0.2) is 5.65 Å². The lowest BCUT2D eigenvalue weighted by Crippen LogP contribution is -1.93. The van der Waals surface area contributed by atoms with Gasteiger partial charge >= 0.3 is 0 Å². The summed E-state index contributed by atoms with van der Waals surface area (Å²) in [6, 6.07) is 3.63. The number of nitrogens with two attached hydrogens (primary N) is 1. The fourth-order valence-electron chi connectivity index (χ4n) is 1.70. The molecule has 0 saturated heterocycles. The molecule has 0 aromatic carbocycles. The third kappa shape index (κ3) is 1.69. The fourth-order valence-corrected chi connectivity index (χ4v) is 2.86. The first kappa shape index (κ1) is 10.9. The van der Waals surface area contributed by atoms with E-state index in [0.29, 0.717) is 21.5 Å². The number of thiophene rings is 1. The molecular formula is C11H7Cl2N3S. The highest BCUT2D eigenvalue weighted by Crippen LogP contribution is 2.31. The maximum atomic E-state index is 6.09. The molecule has 3 heterocycles. The molecule has 0 radical (unpaired) electrons. The van der Waals surface area contributed by atoms with E-state index in [0.717, 1.165) is 11.3 Å². The molecule has 0 bridgehead atoms. The van der Waals surface area contributed by atoms with E-state index in [1.165, 1.54) is 0 Å². The zero-order chi connectivity index (χ0) is 12.0. The molecule has 0 spiro atoms. The standard InChI is InChI=1S/C11H7Cl2N3S/c12-7-3-8(13)11-15-9(6-1-2-17-5-6)10(14)16(11)4-7/h1-5H,14H2. The van der Waals surface area contributed by atoms with E-state index in [9.17, 15) is 0 Å². The minimum Gasteiger partial charge on any atom is -0.383 e. The zero-order valence-electron chi connectivity index (χ0n) is 8.52. The van der Waals surface area contributed by atoms with E-state index in [1.54, 1.807) is 28.0 Å².